The first-order valence-electron chi connectivity index (χ1n) is 7.30. The van der Waals surface area contributed by atoms with Crippen LogP contribution in [0.2, 0.25) is 5.02 Å². The lowest BCUT2D eigenvalue weighted by Crippen LogP contribution is -2.40. The highest BCUT2D eigenvalue weighted by Crippen LogP contribution is 2.33. The molecular formula is C15H20ClN5OS. The number of amides is 1. The highest BCUT2D eigenvalue weighted by atomic mass is 35.5. The van der Waals surface area contributed by atoms with Gasteiger partial charge in [0, 0.05) is 17.6 Å². The number of carbonyl (C=O) groups excluding carboxylic acids is 1. The summed E-state index contributed by atoms with van der Waals surface area (Å²) in [6.45, 7) is 3.96. The van der Waals surface area contributed by atoms with E-state index >= 15 is 0 Å². The topological polar surface area (TPSA) is 85.8 Å². The second-order valence-electron chi connectivity index (χ2n) is 5.37. The maximum Gasteiger partial charge on any atom is 0.241 e. The zero-order valence-corrected chi connectivity index (χ0v) is 14.9. The lowest BCUT2D eigenvalue weighted by molar-refractivity contribution is -0.118. The molecule has 1 amide bonds. The van der Waals surface area contributed by atoms with E-state index in [0.717, 1.165) is 16.5 Å². The minimum absolute atomic E-state index is 0.121. The van der Waals surface area contributed by atoms with Crippen LogP contribution in [0.25, 0.3) is 0 Å². The quantitative estimate of drug-likeness (QED) is 0.833. The van der Waals surface area contributed by atoms with Crippen LogP contribution in [0.4, 0.5) is 5.69 Å². The van der Waals surface area contributed by atoms with E-state index in [1.807, 2.05) is 31.5 Å². The number of nitrogens with two attached hydrogens (primary N) is 1. The first kappa shape index (κ1) is 17.8. The van der Waals surface area contributed by atoms with E-state index in [9.17, 15) is 4.79 Å². The van der Waals surface area contributed by atoms with Crippen molar-refractivity contribution in [3.8, 4) is 0 Å². The molecule has 3 N–H and O–H groups in total. The number of benzene rings is 1. The number of anilines is 1. The third-order valence-electron chi connectivity index (χ3n) is 3.63. The molecule has 2 aromatic rings. The smallest absolute Gasteiger partial charge is 0.241 e. The van der Waals surface area contributed by atoms with Crippen molar-refractivity contribution in [1.29, 1.82) is 0 Å². The van der Waals surface area contributed by atoms with Crippen molar-refractivity contribution >= 4 is 35.0 Å². The molecule has 1 heterocycles. The first-order valence-corrected chi connectivity index (χ1v) is 8.49. The van der Waals surface area contributed by atoms with Gasteiger partial charge in [-0.15, -0.1) is 10.2 Å². The summed E-state index contributed by atoms with van der Waals surface area (Å²) in [6, 6.07) is 4.81. The van der Waals surface area contributed by atoms with E-state index in [-0.39, 0.29) is 11.8 Å². The summed E-state index contributed by atoms with van der Waals surface area (Å²) >= 11 is 7.70. The number of halogens is 1. The maximum atomic E-state index is 12.1. The Labute approximate surface area is 144 Å². The number of hydrogen-bond acceptors (Lipinski definition) is 5. The molecule has 0 spiro atoms. The molecule has 0 saturated carbocycles. The molecule has 1 aromatic carbocycles. The minimum atomic E-state index is -0.536. The van der Waals surface area contributed by atoms with Gasteiger partial charge in [0.25, 0.3) is 0 Å². The molecule has 0 saturated heterocycles. The summed E-state index contributed by atoms with van der Waals surface area (Å²) in [5.41, 5.74) is 6.55. The second-order valence-corrected chi connectivity index (χ2v) is 6.79. The van der Waals surface area contributed by atoms with Gasteiger partial charge in [-0.05, 0) is 35.9 Å². The van der Waals surface area contributed by atoms with Crippen LogP contribution < -0.4 is 11.1 Å². The van der Waals surface area contributed by atoms with Gasteiger partial charge in [0.05, 0.1) is 11.1 Å². The van der Waals surface area contributed by atoms with Crippen molar-refractivity contribution in [3.05, 3.63) is 29.5 Å². The first-order chi connectivity index (χ1) is 10.9. The molecule has 2 rings (SSSR count). The second kappa shape index (κ2) is 7.81. The highest BCUT2D eigenvalue weighted by Gasteiger charge is 2.19. The number of aryl methyl sites for hydroxylation is 1. The predicted octanol–water partition coefficient (Wildman–Crippen LogP) is 2.93. The van der Waals surface area contributed by atoms with E-state index in [4.69, 9.17) is 17.3 Å². The average molecular weight is 354 g/mol. The standard InChI is InChI=1S/C15H20ClN5OS/c1-4-9(2)13(17)14(22)19-10-5-6-12(11(16)7-10)23-15-20-18-8-21(15)3/h5-9,13H,4,17H2,1-3H3,(H,19,22). The third-order valence-corrected chi connectivity index (χ3v) is 5.18. The fourth-order valence-corrected chi connectivity index (χ4v) is 2.93. The van der Waals surface area contributed by atoms with Crippen molar-refractivity contribution in [1.82, 2.24) is 14.8 Å². The van der Waals surface area contributed by atoms with Crippen LogP contribution in [-0.4, -0.2) is 26.7 Å². The van der Waals surface area contributed by atoms with Gasteiger partial charge >= 0.3 is 0 Å². The van der Waals surface area contributed by atoms with Crippen molar-refractivity contribution in [2.75, 3.05) is 5.32 Å². The molecular weight excluding hydrogens is 334 g/mol. The normalized spacial score (nSPS) is 13.6. The Morgan fingerprint density at radius 2 is 2.26 bits per heavy atom. The molecule has 124 valence electrons. The molecule has 0 aliphatic heterocycles. The monoisotopic (exact) mass is 353 g/mol. The van der Waals surface area contributed by atoms with E-state index in [0.29, 0.717) is 10.7 Å². The molecule has 1 aromatic heterocycles. The van der Waals surface area contributed by atoms with Crippen molar-refractivity contribution in [2.45, 2.75) is 36.4 Å². The van der Waals surface area contributed by atoms with Gasteiger partial charge in [0.15, 0.2) is 5.16 Å². The Balaban J connectivity index is 2.07. The maximum absolute atomic E-state index is 12.1. The molecule has 2 atom stereocenters. The highest BCUT2D eigenvalue weighted by molar-refractivity contribution is 7.99. The van der Waals surface area contributed by atoms with E-state index in [1.165, 1.54) is 11.8 Å². The van der Waals surface area contributed by atoms with Crippen LogP contribution in [0.5, 0.6) is 0 Å². The van der Waals surface area contributed by atoms with Crippen LogP contribution in [0.3, 0.4) is 0 Å². The van der Waals surface area contributed by atoms with Gasteiger partial charge in [-0.25, -0.2) is 0 Å². The Bertz CT molecular complexity index is 690. The molecule has 6 nitrogen and oxygen atoms in total. The van der Waals surface area contributed by atoms with Crippen LogP contribution in [0, 0.1) is 5.92 Å². The van der Waals surface area contributed by atoms with Gasteiger partial charge < -0.3 is 15.6 Å². The van der Waals surface area contributed by atoms with Crippen LogP contribution >= 0.6 is 23.4 Å². The zero-order valence-electron chi connectivity index (χ0n) is 13.3. The molecule has 8 heteroatoms. The van der Waals surface area contributed by atoms with Crippen LogP contribution in [0.15, 0.2) is 34.6 Å². The van der Waals surface area contributed by atoms with Crippen LogP contribution in [0.1, 0.15) is 20.3 Å². The molecule has 0 fully saturated rings. The molecule has 0 aliphatic rings. The van der Waals surface area contributed by atoms with Crippen LogP contribution in [-0.2, 0) is 11.8 Å². The SMILES string of the molecule is CCC(C)C(N)C(=O)Nc1ccc(Sc2nncn2C)c(Cl)c1. The molecule has 23 heavy (non-hydrogen) atoms. The fourth-order valence-electron chi connectivity index (χ4n) is 1.86. The largest absolute Gasteiger partial charge is 0.325 e. The lowest BCUT2D eigenvalue weighted by atomic mass is 9.99. The Hall–Kier alpha value is -1.57. The number of nitrogens with zero attached hydrogens (tertiary/aromatic N) is 3. The summed E-state index contributed by atoms with van der Waals surface area (Å²) < 4.78 is 1.81. The minimum Gasteiger partial charge on any atom is -0.325 e. The Kier molecular flexibility index (Phi) is 6.04. The predicted molar refractivity (Wildman–Crippen MR) is 92.6 cm³/mol. The van der Waals surface area contributed by atoms with Crippen molar-refractivity contribution in [3.63, 3.8) is 0 Å². The molecule has 0 bridgehead atoms. The van der Waals surface area contributed by atoms with Gasteiger partial charge in [-0.2, -0.15) is 0 Å². The Morgan fingerprint density at radius 1 is 1.52 bits per heavy atom. The number of hydrogen-bond donors (Lipinski definition) is 2. The summed E-state index contributed by atoms with van der Waals surface area (Å²) in [6.07, 6.45) is 2.48. The number of aromatic nitrogens is 3. The van der Waals surface area contributed by atoms with E-state index in [1.54, 1.807) is 18.5 Å². The summed E-state index contributed by atoms with van der Waals surface area (Å²) in [5, 5.41) is 11.9. The molecule has 0 radical (unpaired) electrons. The molecule has 0 aliphatic carbocycles. The number of rotatable bonds is 6. The summed E-state index contributed by atoms with van der Waals surface area (Å²) in [7, 11) is 1.86. The fraction of sp³-hybridized carbons (Fsp3) is 0.400. The van der Waals surface area contributed by atoms with Gasteiger partial charge in [0.2, 0.25) is 5.91 Å². The average Bonchev–Trinajstić information content (AvgIpc) is 2.93. The molecule has 2 unspecified atom stereocenters. The summed E-state index contributed by atoms with van der Waals surface area (Å²) in [4.78, 5) is 12.9. The summed E-state index contributed by atoms with van der Waals surface area (Å²) in [5.74, 6) is -0.0830. The van der Waals surface area contributed by atoms with Crippen molar-refractivity contribution < 1.29 is 4.79 Å². The number of nitrogens with one attached hydrogen (secondary N) is 1. The van der Waals surface area contributed by atoms with E-state index in [2.05, 4.69) is 15.5 Å². The van der Waals surface area contributed by atoms with Gasteiger partial charge in [-0.1, -0.05) is 31.9 Å². The van der Waals surface area contributed by atoms with E-state index < -0.39 is 6.04 Å². The lowest BCUT2D eigenvalue weighted by Gasteiger charge is -2.18. The van der Waals surface area contributed by atoms with Gasteiger partial charge in [-0.3, -0.25) is 4.79 Å². The zero-order chi connectivity index (χ0) is 17.0. The van der Waals surface area contributed by atoms with Crippen molar-refractivity contribution in [2.24, 2.45) is 18.7 Å². The van der Waals surface area contributed by atoms with Gasteiger partial charge in [0.1, 0.15) is 6.33 Å². The Morgan fingerprint density at radius 3 is 2.83 bits per heavy atom. The third kappa shape index (κ3) is 4.46. The number of carbonyl (C=O) groups is 1.